The average Bonchev–Trinajstić information content (AvgIpc) is 3.15. The largest absolute Gasteiger partial charge is 0.341 e. The van der Waals surface area contributed by atoms with Gasteiger partial charge in [-0.2, -0.15) is 5.10 Å². The number of carbonyl (C=O) groups excluding carboxylic acids is 1. The molecule has 0 bridgehead atoms. The fourth-order valence-corrected chi connectivity index (χ4v) is 3.93. The Labute approximate surface area is 163 Å². The molecule has 6 nitrogen and oxygen atoms in total. The van der Waals surface area contributed by atoms with Crippen LogP contribution in [0.15, 0.2) is 71.9 Å². The van der Waals surface area contributed by atoms with Crippen molar-refractivity contribution in [1.82, 2.24) is 14.7 Å². The Morgan fingerprint density at radius 1 is 1.11 bits per heavy atom. The Morgan fingerprint density at radius 2 is 1.79 bits per heavy atom. The lowest BCUT2D eigenvalue weighted by molar-refractivity contribution is -0.130. The van der Waals surface area contributed by atoms with Crippen LogP contribution in [0, 0.1) is 5.82 Å². The van der Waals surface area contributed by atoms with Crippen LogP contribution in [0.25, 0.3) is 5.69 Å². The maximum Gasteiger partial charge on any atom is 0.223 e. The van der Waals surface area contributed by atoms with E-state index in [4.69, 9.17) is 0 Å². The fraction of sp³-hybridized carbons (Fsp3) is 0.200. The fourth-order valence-electron chi connectivity index (χ4n) is 2.70. The van der Waals surface area contributed by atoms with Crippen LogP contribution in [0.1, 0.15) is 12.0 Å². The molecule has 0 spiro atoms. The van der Waals surface area contributed by atoms with Crippen molar-refractivity contribution in [3.63, 3.8) is 0 Å². The highest BCUT2D eigenvalue weighted by atomic mass is 32.2. The third-order valence-corrected chi connectivity index (χ3v) is 5.99. The van der Waals surface area contributed by atoms with E-state index in [0.29, 0.717) is 6.54 Å². The van der Waals surface area contributed by atoms with Gasteiger partial charge in [0.1, 0.15) is 5.82 Å². The van der Waals surface area contributed by atoms with Gasteiger partial charge in [-0.05, 0) is 36.4 Å². The zero-order valence-electron chi connectivity index (χ0n) is 15.3. The van der Waals surface area contributed by atoms with E-state index in [0.717, 1.165) is 23.4 Å². The molecule has 0 saturated heterocycles. The number of nitrogens with zero attached hydrogens (tertiary/aromatic N) is 3. The third kappa shape index (κ3) is 4.83. The summed E-state index contributed by atoms with van der Waals surface area (Å²) in [5, 5.41) is 4.28. The van der Waals surface area contributed by atoms with Crippen molar-refractivity contribution in [3.05, 3.63) is 78.4 Å². The molecule has 0 saturated carbocycles. The second kappa shape index (κ2) is 8.35. The number of amides is 1. The van der Waals surface area contributed by atoms with E-state index in [1.165, 1.54) is 17.0 Å². The highest BCUT2D eigenvalue weighted by Gasteiger charge is 2.19. The van der Waals surface area contributed by atoms with Gasteiger partial charge < -0.3 is 4.90 Å². The standard InChI is InChI=1S/C20H20FN3O3S/c1-23(14-16-13-22-24(15-16)18-5-3-2-4-6-18)20(25)11-12-28(26,27)19-9-7-17(21)8-10-19/h2-10,13,15H,11-12,14H2,1H3. The molecule has 0 unspecified atom stereocenters. The average molecular weight is 401 g/mol. The summed E-state index contributed by atoms with van der Waals surface area (Å²) in [5.74, 6) is -1.13. The van der Waals surface area contributed by atoms with Crippen molar-refractivity contribution >= 4 is 15.7 Å². The van der Waals surface area contributed by atoms with Gasteiger partial charge in [-0.25, -0.2) is 17.5 Å². The second-order valence-electron chi connectivity index (χ2n) is 6.40. The summed E-state index contributed by atoms with van der Waals surface area (Å²) in [6, 6.07) is 14.2. The molecule has 0 atom stereocenters. The zero-order chi connectivity index (χ0) is 20.1. The minimum Gasteiger partial charge on any atom is -0.341 e. The minimum absolute atomic E-state index is 0.00786. The molecule has 3 aromatic rings. The van der Waals surface area contributed by atoms with Crippen molar-refractivity contribution in [2.24, 2.45) is 0 Å². The lowest BCUT2D eigenvalue weighted by Gasteiger charge is -2.16. The van der Waals surface area contributed by atoms with E-state index < -0.39 is 15.7 Å². The number of halogens is 1. The number of rotatable bonds is 7. The Kier molecular flexibility index (Phi) is 5.89. The van der Waals surface area contributed by atoms with E-state index in [9.17, 15) is 17.6 Å². The van der Waals surface area contributed by atoms with Crippen molar-refractivity contribution in [1.29, 1.82) is 0 Å². The van der Waals surface area contributed by atoms with Gasteiger partial charge in [0.25, 0.3) is 0 Å². The van der Waals surface area contributed by atoms with E-state index in [-0.39, 0.29) is 23.0 Å². The number of aromatic nitrogens is 2. The summed E-state index contributed by atoms with van der Waals surface area (Å²) < 4.78 is 39.2. The van der Waals surface area contributed by atoms with Crippen molar-refractivity contribution in [2.45, 2.75) is 17.9 Å². The predicted octanol–water partition coefficient (Wildman–Crippen LogP) is 2.83. The van der Waals surface area contributed by atoms with Crippen LogP contribution in [0.2, 0.25) is 0 Å². The summed E-state index contributed by atoms with van der Waals surface area (Å²) in [6.45, 7) is 0.322. The molecule has 0 aliphatic rings. The minimum atomic E-state index is -3.64. The Bertz CT molecular complexity index is 1050. The van der Waals surface area contributed by atoms with Gasteiger partial charge in [0.2, 0.25) is 5.91 Å². The lowest BCUT2D eigenvalue weighted by Crippen LogP contribution is -2.27. The summed E-state index contributed by atoms with van der Waals surface area (Å²) in [5.41, 5.74) is 1.74. The molecule has 1 heterocycles. The summed E-state index contributed by atoms with van der Waals surface area (Å²) in [7, 11) is -2.02. The predicted molar refractivity (Wildman–Crippen MR) is 103 cm³/mol. The van der Waals surface area contributed by atoms with Gasteiger partial charge in [0.05, 0.1) is 22.5 Å². The molecule has 0 fully saturated rings. The molecule has 28 heavy (non-hydrogen) atoms. The normalized spacial score (nSPS) is 11.4. The van der Waals surface area contributed by atoms with Crippen molar-refractivity contribution in [2.75, 3.05) is 12.8 Å². The van der Waals surface area contributed by atoms with Crippen LogP contribution in [0.4, 0.5) is 4.39 Å². The number of para-hydroxylation sites is 1. The Morgan fingerprint density at radius 3 is 2.46 bits per heavy atom. The number of carbonyl (C=O) groups is 1. The topological polar surface area (TPSA) is 72.3 Å². The maximum absolute atomic E-state index is 12.9. The van der Waals surface area contributed by atoms with Gasteiger partial charge in [0.15, 0.2) is 9.84 Å². The van der Waals surface area contributed by atoms with Crippen LogP contribution in [0.5, 0.6) is 0 Å². The molecular formula is C20H20FN3O3S. The van der Waals surface area contributed by atoms with E-state index in [1.54, 1.807) is 17.9 Å². The van der Waals surface area contributed by atoms with Gasteiger partial charge in [-0.3, -0.25) is 4.79 Å². The molecule has 0 radical (unpaired) electrons. The van der Waals surface area contributed by atoms with Crippen molar-refractivity contribution in [3.8, 4) is 5.69 Å². The highest BCUT2D eigenvalue weighted by molar-refractivity contribution is 7.91. The molecule has 2 aromatic carbocycles. The van der Waals surface area contributed by atoms with Gasteiger partial charge in [0, 0.05) is 31.8 Å². The SMILES string of the molecule is CN(Cc1cnn(-c2ccccc2)c1)C(=O)CCS(=O)(=O)c1ccc(F)cc1. The first-order valence-corrected chi connectivity index (χ1v) is 10.3. The van der Waals surface area contributed by atoms with Crippen LogP contribution < -0.4 is 0 Å². The first-order chi connectivity index (χ1) is 13.3. The molecule has 0 N–H and O–H groups in total. The van der Waals surface area contributed by atoms with Gasteiger partial charge in [-0.1, -0.05) is 18.2 Å². The first-order valence-electron chi connectivity index (χ1n) is 8.66. The first kappa shape index (κ1) is 19.8. The van der Waals surface area contributed by atoms with Crippen LogP contribution in [-0.2, 0) is 21.2 Å². The number of sulfone groups is 1. The van der Waals surface area contributed by atoms with E-state index in [2.05, 4.69) is 5.10 Å². The maximum atomic E-state index is 12.9. The molecule has 0 aliphatic carbocycles. The number of hydrogen-bond acceptors (Lipinski definition) is 4. The van der Waals surface area contributed by atoms with Gasteiger partial charge in [-0.15, -0.1) is 0 Å². The number of hydrogen-bond donors (Lipinski definition) is 0. The summed E-state index contributed by atoms with van der Waals surface area (Å²) in [6.07, 6.45) is 3.35. The van der Waals surface area contributed by atoms with Crippen molar-refractivity contribution < 1.29 is 17.6 Å². The van der Waals surface area contributed by atoms with Crippen LogP contribution in [-0.4, -0.2) is 41.8 Å². The Balaban J connectivity index is 1.58. The third-order valence-electron chi connectivity index (χ3n) is 4.26. The molecule has 8 heteroatoms. The molecule has 1 aromatic heterocycles. The van der Waals surface area contributed by atoms with E-state index in [1.807, 2.05) is 36.5 Å². The molecule has 146 valence electrons. The second-order valence-corrected chi connectivity index (χ2v) is 8.51. The van der Waals surface area contributed by atoms with Crippen LogP contribution in [0.3, 0.4) is 0 Å². The lowest BCUT2D eigenvalue weighted by atomic mass is 10.3. The smallest absolute Gasteiger partial charge is 0.223 e. The quantitative estimate of drug-likeness (QED) is 0.571. The Hall–Kier alpha value is -3.00. The summed E-state index contributed by atoms with van der Waals surface area (Å²) >= 11 is 0. The number of benzene rings is 2. The van der Waals surface area contributed by atoms with Crippen LogP contribution >= 0.6 is 0 Å². The molecule has 0 aliphatic heterocycles. The summed E-state index contributed by atoms with van der Waals surface area (Å²) in [4.78, 5) is 13.8. The molecular weight excluding hydrogens is 381 g/mol. The molecule has 3 rings (SSSR count). The zero-order valence-corrected chi connectivity index (χ0v) is 16.1. The van der Waals surface area contributed by atoms with E-state index >= 15 is 0 Å². The highest BCUT2D eigenvalue weighted by Crippen LogP contribution is 2.14. The molecule has 1 amide bonds. The monoisotopic (exact) mass is 401 g/mol. The van der Waals surface area contributed by atoms with Gasteiger partial charge >= 0.3 is 0 Å².